The molecule has 3 nitrogen and oxygen atoms in total. The van der Waals surface area contributed by atoms with Gasteiger partial charge in [0.25, 0.3) is 0 Å². The summed E-state index contributed by atoms with van der Waals surface area (Å²) in [5, 5.41) is 0.336. The molecule has 1 heterocycles. The number of benzene rings is 2. The molecule has 0 N–H and O–H groups in total. The molecule has 25 heavy (non-hydrogen) atoms. The van der Waals surface area contributed by atoms with Crippen molar-refractivity contribution in [1.82, 2.24) is 0 Å². The van der Waals surface area contributed by atoms with Crippen molar-refractivity contribution >= 4 is 24.2 Å². The summed E-state index contributed by atoms with van der Waals surface area (Å²) in [6.45, 7) is 8.24. The van der Waals surface area contributed by atoms with E-state index in [1.807, 2.05) is 52.0 Å². The van der Waals surface area contributed by atoms with E-state index in [2.05, 4.69) is 0 Å². The summed E-state index contributed by atoms with van der Waals surface area (Å²) in [7, 11) is -0.486. The molecule has 0 aromatic heterocycles. The third-order valence-corrected chi connectivity index (χ3v) is 5.07. The molecule has 0 spiro atoms. The van der Waals surface area contributed by atoms with Crippen LogP contribution in [-0.4, -0.2) is 18.3 Å². The van der Waals surface area contributed by atoms with E-state index in [0.29, 0.717) is 5.02 Å². The molecule has 6 heteroatoms. The topological polar surface area (TPSA) is 27.7 Å². The molecule has 0 bridgehead atoms. The molecule has 1 aliphatic rings. The Morgan fingerprint density at radius 1 is 1.04 bits per heavy atom. The summed E-state index contributed by atoms with van der Waals surface area (Å²) in [4.78, 5) is 0. The molecule has 0 saturated carbocycles. The highest BCUT2D eigenvalue weighted by atomic mass is 35.5. The first-order valence-corrected chi connectivity index (χ1v) is 8.59. The Labute approximate surface area is 153 Å². The second-order valence-corrected chi connectivity index (χ2v) is 7.59. The monoisotopic (exact) mass is 362 g/mol. The first-order valence-electron chi connectivity index (χ1n) is 8.21. The van der Waals surface area contributed by atoms with E-state index in [1.54, 1.807) is 6.07 Å². The Morgan fingerprint density at radius 2 is 1.68 bits per heavy atom. The average Bonchev–Trinajstić information content (AvgIpc) is 2.75. The van der Waals surface area contributed by atoms with Crippen molar-refractivity contribution in [2.24, 2.45) is 0 Å². The van der Waals surface area contributed by atoms with Crippen LogP contribution in [0, 0.1) is 5.82 Å². The highest BCUT2D eigenvalue weighted by molar-refractivity contribution is 6.62. The maximum absolute atomic E-state index is 13.9. The van der Waals surface area contributed by atoms with Gasteiger partial charge < -0.3 is 14.0 Å². The third kappa shape index (κ3) is 3.69. The summed E-state index contributed by atoms with van der Waals surface area (Å²) in [5.41, 5.74) is 0.924. The smallest absolute Gasteiger partial charge is 0.486 e. The standard InChI is InChI=1S/C19H21BClFO3/c1-18(2)19(3,4)25-20(24-18)15-8-6-5-7-13(15)12-23-17-10-9-14(21)11-16(17)22/h5-11H,12H2,1-4H3. The molecule has 1 saturated heterocycles. The zero-order valence-corrected chi connectivity index (χ0v) is 15.6. The van der Waals surface area contributed by atoms with Crippen molar-refractivity contribution in [2.45, 2.75) is 45.5 Å². The van der Waals surface area contributed by atoms with Gasteiger partial charge in [0.05, 0.1) is 11.2 Å². The minimum Gasteiger partial charge on any atom is -0.486 e. The number of rotatable bonds is 4. The van der Waals surface area contributed by atoms with Crippen LogP contribution in [-0.2, 0) is 15.9 Å². The SMILES string of the molecule is CC1(C)OB(c2ccccc2COc2ccc(Cl)cc2F)OC1(C)C. The van der Waals surface area contributed by atoms with Gasteiger partial charge in [-0.3, -0.25) is 0 Å². The number of hydrogen-bond donors (Lipinski definition) is 0. The second-order valence-electron chi connectivity index (χ2n) is 7.15. The fourth-order valence-electron chi connectivity index (χ4n) is 2.61. The Balaban J connectivity index is 1.80. The van der Waals surface area contributed by atoms with Crippen molar-refractivity contribution in [3.8, 4) is 5.75 Å². The van der Waals surface area contributed by atoms with E-state index in [1.165, 1.54) is 12.1 Å². The van der Waals surface area contributed by atoms with Gasteiger partial charge in [-0.05, 0) is 56.9 Å². The van der Waals surface area contributed by atoms with E-state index < -0.39 is 24.1 Å². The molecule has 1 fully saturated rings. The summed E-state index contributed by atoms with van der Waals surface area (Å²) in [5.74, 6) is -0.325. The average molecular weight is 363 g/mol. The lowest BCUT2D eigenvalue weighted by molar-refractivity contribution is 0.00578. The van der Waals surface area contributed by atoms with Crippen LogP contribution in [0.25, 0.3) is 0 Å². The van der Waals surface area contributed by atoms with Crippen molar-refractivity contribution in [2.75, 3.05) is 0 Å². The highest BCUT2D eigenvalue weighted by Gasteiger charge is 2.52. The zero-order valence-electron chi connectivity index (χ0n) is 14.8. The summed E-state index contributed by atoms with van der Waals surface area (Å²) in [6.07, 6.45) is 0. The van der Waals surface area contributed by atoms with E-state index in [4.69, 9.17) is 25.6 Å². The van der Waals surface area contributed by atoms with Crippen LogP contribution in [0.5, 0.6) is 5.75 Å². The molecular weight excluding hydrogens is 341 g/mol. The Hall–Kier alpha value is -1.56. The van der Waals surface area contributed by atoms with Crippen LogP contribution < -0.4 is 10.2 Å². The summed E-state index contributed by atoms with van der Waals surface area (Å²) in [6, 6.07) is 12.1. The van der Waals surface area contributed by atoms with Crippen LogP contribution in [0.2, 0.25) is 5.02 Å². The Kier molecular flexibility index (Phi) is 4.84. The van der Waals surface area contributed by atoms with E-state index >= 15 is 0 Å². The second kappa shape index (κ2) is 6.63. The van der Waals surface area contributed by atoms with Gasteiger partial charge in [0.15, 0.2) is 11.6 Å². The van der Waals surface area contributed by atoms with Crippen LogP contribution in [0.4, 0.5) is 4.39 Å². The van der Waals surface area contributed by atoms with Gasteiger partial charge in [-0.2, -0.15) is 0 Å². The van der Waals surface area contributed by atoms with Crippen molar-refractivity contribution in [1.29, 1.82) is 0 Å². The van der Waals surface area contributed by atoms with Gasteiger partial charge in [0.1, 0.15) is 6.61 Å². The van der Waals surface area contributed by atoms with Crippen molar-refractivity contribution in [3.05, 3.63) is 58.9 Å². The molecule has 2 aromatic rings. The molecule has 2 aromatic carbocycles. The molecule has 0 atom stereocenters. The van der Waals surface area contributed by atoms with Gasteiger partial charge >= 0.3 is 7.12 Å². The molecule has 0 radical (unpaired) electrons. The molecule has 0 unspecified atom stereocenters. The molecule has 132 valence electrons. The van der Waals surface area contributed by atoms with Gasteiger partial charge in [0, 0.05) is 5.02 Å². The van der Waals surface area contributed by atoms with Crippen LogP contribution in [0.15, 0.2) is 42.5 Å². The highest BCUT2D eigenvalue weighted by Crippen LogP contribution is 2.36. The predicted octanol–water partition coefficient (Wildman–Crippen LogP) is 4.36. The lowest BCUT2D eigenvalue weighted by atomic mass is 9.76. The first kappa shape index (κ1) is 18.2. The fraction of sp³-hybridized carbons (Fsp3) is 0.368. The van der Waals surface area contributed by atoms with E-state index in [0.717, 1.165) is 11.0 Å². The molecule has 1 aliphatic heterocycles. The van der Waals surface area contributed by atoms with Gasteiger partial charge in [-0.15, -0.1) is 0 Å². The zero-order chi connectivity index (χ0) is 18.2. The van der Waals surface area contributed by atoms with Crippen LogP contribution >= 0.6 is 11.6 Å². The summed E-state index contributed by atoms with van der Waals surface area (Å²) >= 11 is 5.77. The van der Waals surface area contributed by atoms with E-state index in [-0.39, 0.29) is 12.4 Å². The minimum atomic E-state index is -0.486. The minimum absolute atomic E-state index is 0.160. The van der Waals surface area contributed by atoms with Crippen molar-refractivity contribution < 1.29 is 18.4 Å². The molecule has 0 aliphatic carbocycles. The lowest BCUT2D eigenvalue weighted by Crippen LogP contribution is -2.41. The number of hydrogen-bond acceptors (Lipinski definition) is 3. The lowest BCUT2D eigenvalue weighted by Gasteiger charge is -2.32. The maximum Gasteiger partial charge on any atom is 0.495 e. The molecule has 3 rings (SSSR count). The Bertz CT molecular complexity index is 763. The quantitative estimate of drug-likeness (QED) is 0.757. The largest absolute Gasteiger partial charge is 0.495 e. The number of halogens is 2. The fourth-order valence-corrected chi connectivity index (χ4v) is 2.77. The first-order chi connectivity index (χ1) is 11.7. The maximum atomic E-state index is 13.9. The van der Waals surface area contributed by atoms with Gasteiger partial charge in [-0.25, -0.2) is 4.39 Å². The third-order valence-electron chi connectivity index (χ3n) is 4.84. The Morgan fingerprint density at radius 3 is 2.32 bits per heavy atom. The van der Waals surface area contributed by atoms with E-state index in [9.17, 15) is 4.39 Å². The molecule has 0 amide bonds. The normalized spacial score (nSPS) is 18.4. The van der Waals surface area contributed by atoms with Gasteiger partial charge in [-0.1, -0.05) is 35.9 Å². The summed E-state index contributed by atoms with van der Waals surface area (Å²) < 4.78 is 31.8. The predicted molar refractivity (Wildman–Crippen MR) is 97.9 cm³/mol. The van der Waals surface area contributed by atoms with Crippen LogP contribution in [0.3, 0.4) is 0 Å². The number of ether oxygens (including phenoxy) is 1. The van der Waals surface area contributed by atoms with Gasteiger partial charge in [0.2, 0.25) is 0 Å². The molecular formula is C19H21BClFO3. The van der Waals surface area contributed by atoms with Crippen LogP contribution in [0.1, 0.15) is 33.3 Å². The van der Waals surface area contributed by atoms with Crippen molar-refractivity contribution in [3.63, 3.8) is 0 Å².